The van der Waals surface area contributed by atoms with E-state index in [9.17, 15) is 26.4 Å². The largest absolute Gasteiger partial charge is 0.494 e. The molecule has 2 aromatic carbocycles. The van der Waals surface area contributed by atoms with Crippen LogP contribution in [0.4, 0.5) is 13.2 Å². The Labute approximate surface area is 186 Å². The molecular formula is C21H19F3N2O6S. The summed E-state index contributed by atoms with van der Waals surface area (Å²) in [6.45, 7) is -1.11. The summed E-state index contributed by atoms with van der Waals surface area (Å²) in [5.41, 5.74) is 1.84. The van der Waals surface area contributed by atoms with Gasteiger partial charge in [-0.1, -0.05) is 6.07 Å². The van der Waals surface area contributed by atoms with Crippen LogP contribution in [0, 0.1) is 0 Å². The molecule has 0 atom stereocenters. The molecule has 0 aliphatic carbocycles. The molecule has 1 saturated heterocycles. The average molecular weight is 484 g/mol. The number of ether oxygens (including phenoxy) is 2. The van der Waals surface area contributed by atoms with Gasteiger partial charge in [-0.25, -0.2) is 13.4 Å². The SMILES string of the molecule is COc1c(S(C)(=O)=O)ccc(OCC(F)(F)F)c1C(=O)N1CC(c2ccc3ncoc3c2)C1. The number of likely N-dealkylation sites (tertiary alicyclic amines) is 1. The number of halogens is 3. The number of rotatable bonds is 6. The van der Waals surface area contributed by atoms with Crippen molar-refractivity contribution < 1.29 is 40.3 Å². The first kappa shape index (κ1) is 22.9. The summed E-state index contributed by atoms with van der Waals surface area (Å²) in [6.07, 6.45) is -2.41. The van der Waals surface area contributed by atoms with Crippen LogP contribution < -0.4 is 9.47 Å². The van der Waals surface area contributed by atoms with Crippen molar-refractivity contribution in [1.29, 1.82) is 0 Å². The molecule has 0 bridgehead atoms. The second kappa shape index (κ2) is 8.25. The predicted octanol–water partition coefficient (Wildman–Crippen LogP) is 3.42. The number of hydrogen-bond acceptors (Lipinski definition) is 7. The highest BCUT2D eigenvalue weighted by Crippen LogP contribution is 2.39. The number of sulfone groups is 1. The van der Waals surface area contributed by atoms with E-state index < -0.39 is 34.3 Å². The maximum atomic E-state index is 13.2. The maximum Gasteiger partial charge on any atom is 0.422 e. The Hall–Kier alpha value is -3.28. The Kier molecular flexibility index (Phi) is 5.72. The molecule has 33 heavy (non-hydrogen) atoms. The zero-order valence-electron chi connectivity index (χ0n) is 17.5. The minimum absolute atomic E-state index is 0.0351. The van der Waals surface area contributed by atoms with E-state index in [4.69, 9.17) is 13.9 Å². The molecule has 176 valence electrons. The van der Waals surface area contributed by atoms with Gasteiger partial charge in [0.2, 0.25) is 0 Å². The molecule has 1 amide bonds. The first-order valence-corrected chi connectivity index (χ1v) is 11.6. The Morgan fingerprint density at radius 3 is 2.61 bits per heavy atom. The number of benzene rings is 2. The predicted molar refractivity (Wildman–Crippen MR) is 110 cm³/mol. The van der Waals surface area contributed by atoms with Gasteiger partial charge >= 0.3 is 6.18 Å². The number of amides is 1. The Bertz CT molecular complexity index is 1310. The number of aromatic nitrogens is 1. The topological polar surface area (TPSA) is 98.9 Å². The van der Waals surface area contributed by atoms with Gasteiger partial charge in [-0.15, -0.1) is 0 Å². The number of fused-ring (bicyclic) bond motifs is 1. The molecule has 0 N–H and O–H groups in total. The molecule has 8 nitrogen and oxygen atoms in total. The van der Waals surface area contributed by atoms with Gasteiger partial charge in [-0.05, 0) is 29.8 Å². The van der Waals surface area contributed by atoms with Gasteiger partial charge in [0.1, 0.15) is 21.7 Å². The van der Waals surface area contributed by atoms with Crippen LogP contribution in [0.25, 0.3) is 11.1 Å². The molecule has 12 heteroatoms. The lowest BCUT2D eigenvalue weighted by molar-refractivity contribution is -0.153. The molecule has 3 aromatic rings. The molecule has 0 spiro atoms. The number of methoxy groups -OCH3 is 1. The zero-order valence-corrected chi connectivity index (χ0v) is 18.4. The van der Waals surface area contributed by atoms with E-state index >= 15 is 0 Å². The van der Waals surface area contributed by atoms with Crippen LogP contribution in [0.3, 0.4) is 0 Å². The summed E-state index contributed by atoms with van der Waals surface area (Å²) in [4.78, 5) is 18.4. The van der Waals surface area contributed by atoms with Crippen molar-refractivity contribution in [3.63, 3.8) is 0 Å². The van der Waals surface area contributed by atoms with Gasteiger partial charge in [0, 0.05) is 25.3 Å². The highest BCUT2D eigenvalue weighted by atomic mass is 32.2. The van der Waals surface area contributed by atoms with Gasteiger partial charge in [0.25, 0.3) is 5.91 Å². The summed E-state index contributed by atoms with van der Waals surface area (Å²) in [5, 5.41) is 0. The summed E-state index contributed by atoms with van der Waals surface area (Å²) in [5.74, 6) is -1.49. The van der Waals surface area contributed by atoms with Crippen LogP contribution >= 0.6 is 0 Å². The van der Waals surface area contributed by atoms with E-state index in [0.29, 0.717) is 11.1 Å². The van der Waals surface area contributed by atoms with E-state index in [1.165, 1.54) is 11.3 Å². The molecule has 2 heterocycles. The number of carbonyl (C=O) groups excluding carboxylic acids is 1. The van der Waals surface area contributed by atoms with E-state index in [2.05, 4.69) is 4.98 Å². The zero-order chi connectivity index (χ0) is 24.0. The number of hydrogen-bond donors (Lipinski definition) is 0. The van der Waals surface area contributed by atoms with Gasteiger partial charge in [-0.3, -0.25) is 4.79 Å². The molecule has 0 unspecified atom stereocenters. The molecule has 1 fully saturated rings. The lowest BCUT2D eigenvalue weighted by Gasteiger charge is -2.40. The third kappa shape index (κ3) is 4.61. The molecule has 1 aliphatic rings. The fraction of sp³-hybridized carbons (Fsp3) is 0.333. The van der Waals surface area contributed by atoms with Gasteiger partial charge < -0.3 is 18.8 Å². The summed E-state index contributed by atoms with van der Waals surface area (Å²) < 4.78 is 77.8. The van der Waals surface area contributed by atoms with Crippen LogP contribution in [0.15, 0.2) is 46.0 Å². The van der Waals surface area contributed by atoms with Crippen LogP contribution in [0.2, 0.25) is 0 Å². The van der Waals surface area contributed by atoms with Crippen LogP contribution in [-0.2, 0) is 9.84 Å². The maximum absolute atomic E-state index is 13.2. The van der Waals surface area contributed by atoms with Gasteiger partial charge in [0.15, 0.2) is 34.2 Å². The monoisotopic (exact) mass is 484 g/mol. The minimum atomic E-state index is -4.65. The third-order valence-electron chi connectivity index (χ3n) is 5.29. The Morgan fingerprint density at radius 1 is 1.24 bits per heavy atom. The molecule has 4 rings (SSSR count). The third-order valence-corrected chi connectivity index (χ3v) is 6.41. The number of oxazole rings is 1. The Morgan fingerprint density at radius 2 is 1.97 bits per heavy atom. The van der Waals surface area contributed by atoms with Crippen LogP contribution in [0.1, 0.15) is 21.8 Å². The van der Waals surface area contributed by atoms with Crippen LogP contribution in [0.5, 0.6) is 11.5 Å². The number of nitrogens with zero attached hydrogens (tertiary/aromatic N) is 2. The van der Waals surface area contributed by atoms with E-state index in [0.717, 1.165) is 31.1 Å². The number of carbonyl (C=O) groups is 1. The van der Waals surface area contributed by atoms with E-state index in [1.807, 2.05) is 12.1 Å². The van der Waals surface area contributed by atoms with Crippen molar-refractivity contribution in [3.8, 4) is 11.5 Å². The van der Waals surface area contributed by atoms with Gasteiger partial charge in [0.05, 0.1) is 7.11 Å². The fourth-order valence-corrected chi connectivity index (χ4v) is 4.50. The summed E-state index contributed by atoms with van der Waals surface area (Å²) in [7, 11) is -2.70. The van der Waals surface area contributed by atoms with Crippen molar-refractivity contribution >= 4 is 26.8 Å². The summed E-state index contributed by atoms with van der Waals surface area (Å²) >= 11 is 0. The molecule has 0 saturated carbocycles. The lowest BCUT2D eigenvalue weighted by atomic mass is 9.90. The highest BCUT2D eigenvalue weighted by molar-refractivity contribution is 7.90. The molecule has 0 radical (unpaired) electrons. The Balaban J connectivity index is 1.63. The first-order valence-electron chi connectivity index (χ1n) is 9.71. The first-order chi connectivity index (χ1) is 15.5. The normalized spacial score (nSPS) is 14.9. The van der Waals surface area contributed by atoms with Crippen molar-refractivity contribution in [1.82, 2.24) is 9.88 Å². The second-order valence-electron chi connectivity index (χ2n) is 7.63. The minimum Gasteiger partial charge on any atom is -0.494 e. The molecule has 1 aliphatic heterocycles. The molecular weight excluding hydrogens is 465 g/mol. The van der Waals surface area contributed by atoms with E-state index in [1.54, 1.807) is 6.07 Å². The second-order valence-corrected chi connectivity index (χ2v) is 9.62. The average Bonchev–Trinajstić information content (AvgIpc) is 3.16. The smallest absolute Gasteiger partial charge is 0.422 e. The van der Waals surface area contributed by atoms with Crippen LogP contribution in [-0.4, -0.2) is 63.4 Å². The number of alkyl halides is 3. The van der Waals surface area contributed by atoms with Crippen molar-refractivity contribution in [2.45, 2.75) is 17.0 Å². The van der Waals surface area contributed by atoms with Crippen molar-refractivity contribution in [3.05, 3.63) is 47.9 Å². The standard InChI is InChI=1S/C21H19F3N2O6S/c1-30-19-17(33(2,28)29)6-5-15(31-10-21(22,23)24)18(19)20(27)26-8-13(9-26)12-3-4-14-16(7-12)32-11-25-14/h3-7,11,13H,8-10H2,1-2H3. The summed E-state index contributed by atoms with van der Waals surface area (Å²) in [6, 6.07) is 7.56. The van der Waals surface area contributed by atoms with E-state index in [-0.39, 0.29) is 35.2 Å². The molecule has 1 aromatic heterocycles. The van der Waals surface area contributed by atoms with Gasteiger partial charge in [-0.2, -0.15) is 13.2 Å². The quantitative estimate of drug-likeness (QED) is 0.529. The lowest BCUT2D eigenvalue weighted by Crippen LogP contribution is -2.48. The van der Waals surface area contributed by atoms with Crippen molar-refractivity contribution in [2.24, 2.45) is 0 Å². The van der Waals surface area contributed by atoms with Crippen molar-refractivity contribution in [2.75, 3.05) is 33.1 Å². The fourth-order valence-electron chi connectivity index (χ4n) is 3.66. The highest BCUT2D eigenvalue weighted by Gasteiger charge is 2.37.